The predicted octanol–water partition coefficient (Wildman–Crippen LogP) is 2.96. The third-order valence-electron chi connectivity index (χ3n) is 2.10. The van der Waals surface area contributed by atoms with Crippen molar-refractivity contribution in [1.82, 2.24) is 0 Å². The van der Waals surface area contributed by atoms with Crippen molar-refractivity contribution in [2.45, 2.75) is 32.7 Å². The van der Waals surface area contributed by atoms with E-state index in [1.807, 2.05) is 32.0 Å². The number of alkyl halides is 2. The Labute approximate surface area is 82.9 Å². The second kappa shape index (κ2) is 4.51. The van der Waals surface area contributed by atoms with Gasteiger partial charge in [-0.3, -0.25) is 0 Å². The maximum atomic E-state index is 12.1. The van der Waals surface area contributed by atoms with Gasteiger partial charge in [-0.05, 0) is 19.4 Å². The summed E-state index contributed by atoms with van der Waals surface area (Å²) in [6, 6.07) is 5.16. The molecule has 0 heterocycles. The van der Waals surface area contributed by atoms with Crippen LogP contribution in [-0.4, -0.2) is 6.43 Å². The van der Waals surface area contributed by atoms with Crippen molar-refractivity contribution in [3.8, 4) is 0 Å². The normalized spacial score (nSPS) is 13.3. The molecule has 0 saturated carbocycles. The highest BCUT2D eigenvalue weighted by Crippen LogP contribution is 2.20. The van der Waals surface area contributed by atoms with Crippen molar-refractivity contribution < 1.29 is 8.78 Å². The lowest BCUT2D eigenvalue weighted by Gasteiger charge is -2.12. The first-order valence-corrected chi connectivity index (χ1v) is 4.61. The molecule has 0 aliphatic rings. The summed E-state index contributed by atoms with van der Waals surface area (Å²) in [4.78, 5) is 0. The summed E-state index contributed by atoms with van der Waals surface area (Å²) >= 11 is 0. The molecule has 0 fully saturated rings. The standard InChI is InChI=1S/C11H15F2N/c1-7-3-8(2)5-9(4-7)10(14)6-11(12)13/h3-5,10-11H,6,14H2,1-2H3/t10-/m1/s1. The molecule has 0 aliphatic carbocycles. The summed E-state index contributed by atoms with van der Waals surface area (Å²) < 4.78 is 24.2. The van der Waals surface area contributed by atoms with Crippen molar-refractivity contribution in [1.29, 1.82) is 0 Å². The van der Waals surface area contributed by atoms with Crippen LogP contribution in [0.3, 0.4) is 0 Å². The molecule has 1 aromatic rings. The fourth-order valence-corrected chi connectivity index (χ4v) is 1.55. The number of hydrogen-bond acceptors (Lipinski definition) is 1. The fraction of sp³-hybridized carbons (Fsp3) is 0.455. The highest BCUT2D eigenvalue weighted by atomic mass is 19.3. The number of benzene rings is 1. The number of aryl methyl sites for hydroxylation is 2. The van der Waals surface area contributed by atoms with Gasteiger partial charge in [-0.15, -0.1) is 0 Å². The van der Waals surface area contributed by atoms with E-state index < -0.39 is 12.5 Å². The monoisotopic (exact) mass is 199 g/mol. The van der Waals surface area contributed by atoms with E-state index in [0.29, 0.717) is 0 Å². The van der Waals surface area contributed by atoms with Gasteiger partial charge in [0.25, 0.3) is 0 Å². The smallest absolute Gasteiger partial charge is 0.240 e. The van der Waals surface area contributed by atoms with E-state index in [1.54, 1.807) is 0 Å². The quantitative estimate of drug-likeness (QED) is 0.795. The zero-order valence-corrected chi connectivity index (χ0v) is 8.43. The van der Waals surface area contributed by atoms with Crippen LogP contribution in [0.5, 0.6) is 0 Å². The second-order valence-corrected chi connectivity index (χ2v) is 3.65. The van der Waals surface area contributed by atoms with Crippen molar-refractivity contribution >= 4 is 0 Å². The third kappa shape index (κ3) is 3.07. The Morgan fingerprint density at radius 1 is 1.14 bits per heavy atom. The number of hydrogen-bond donors (Lipinski definition) is 1. The van der Waals surface area contributed by atoms with Gasteiger partial charge in [0.1, 0.15) is 0 Å². The molecule has 0 saturated heterocycles. The van der Waals surface area contributed by atoms with Gasteiger partial charge >= 0.3 is 0 Å². The highest BCUT2D eigenvalue weighted by molar-refractivity contribution is 5.30. The summed E-state index contributed by atoms with van der Waals surface area (Å²) in [7, 11) is 0. The fourth-order valence-electron chi connectivity index (χ4n) is 1.55. The van der Waals surface area contributed by atoms with Crippen LogP contribution in [0.2, 0.25) is 0 Å². The summed E-state index contributed by atoms with van der Waals surface area (Å²) in [5.41, 5.74) is 8.57. The van der Waals surface area contributed by atoms with Crippen molar-refractivity contribution in [3.63, 3.8) is 0 Å². The Balaban J connectivity index is 2.84. The van der Waals surface area contributed by atoms with Crippen LogP contribution in [0, 0.1) is 13.8 Å². The molecule has 0 spiro atoms. The van der Waals surface area contributed by atoms with Crippen molar-refractivity contribution in [2.24, 2.45) is 5.73 Å². The molecule has 0 radical (unpaired) electrons. The first kappa shape index (κ1) is 11.1. The van der Waals surface area contributed by atoms with Crippen molar-refractivity contribution in [3.05, 3.63) is 34.9 Å². The molecule has 0 amide bonds. The van der Waals surface area contributed by atoms with Gasteiger partial charge in [0.05, 0.1) is 0 Å². The largest absolute Gasteiger partial charge is 0.324 e. The topological polar surface area (TPSA) is 26.0 Å². The first-order chi connectivity index (χ1) is 6.49. The van der Waals surface area contributed by atoms with Gasteiger partial charge in [-0.2, -0.15) is 0 Å². The molecule has 1 aromatic carbocycles. The van der Waals surface area contributed by atoms with Gasteiger partial charge in [-0.1, -0.05) is 29.3 Å². The maximum absolute atomic E-state index is 12.1. The van der Waals surface area contributed by atoms with Gasteiger partial charge < -0.3 is 5.73 Å². The summed E-state index contributed by atoms with van der Waals surface area (Å²) in [5, 5.41) is 0. The Morgan fingerprint density at radius 3 is 2.07 bits per heavy atom. The Bertz CT molecular complexity index is 290. The first-order valence-electron chi connectivity index (χ1n) is 4.61. The van der Waals surface area contributed by atoms with E-state index in [-0.39, 0.29) is 6.42 Å². The molecule has 0 aromatic heterocycles. The molecule has 2 N–H and O–H groups in total. The Morgan fingerprint density at radius 2 is 1.64 bits per heavy atom. The Hall–Kier alpha value is -0.960. The number of halogens is 2. The zero-order valence-electron chi connectivity index (χ0n) is 8.43. The minimum atomic E-state index is -2.34. The molecular formula is C11H15F2N. The van der Waals surface area contributed by atoms with Gasteiger partial charge in [0, 0.05) is 12.5 Å². The van der Waals surface area contributed by atoms with Gasteiger partial charge in [0.2, 0.25) is 6.43 Å². The highest BCUT2D eigenvalue weighted by Gasteiger charge is 2.13. The molecule has 0 bridgehead atoms. The Kier molecular flexibility index (Phi) is 3.58. The lowest BCUT2D eigenvalue weighted by molar-refractivity contribution is 0.128. The molecule has 0 aliphatic heterocycles. The van der Waals surface area contributed by atoms with E-state index in [0.717, 1.165) is 16.7 Å². The molecular weight excluding hydrogens is 184 g/mol. The van der Waals surface area contributed by atoms with Crippen LogP contribution in [0.25, 0.3) is 0 Å². The molecule has 1 nitrogen and oxygen atoms in total. The second-order valence-electron chi connectivity index (χ2n) is 3.65. The van der Waals surface area contributed by atoms with Crippen molar-refractivity contribution in [2.75, 3.05) is 0 Å². The van der Waals surface area contributed by atoms with Crippen LogP contribution in [0.15, 0.2) is 18.2 Å². The predicted molar refractivity (Wildman–Crippen MR) is 53.5 cm³/mol. The van der Waals surface area contributed by atoms with Crippen LogP contribution in [0.1, 0.15) is 29.2 Å². The lowest BCUT2D eigenvalue weighted by Crippen LogP contribution is -2.14. The maximum Gasteiger partial charge on any atom is 0.240 e. The van der Waals surface area contributed by atoms with E-state index in [4.69, 9.17) is 5.73 Å². The molecule has 1 atom stereocenters. The van der Waals surface area contributed by atoms with E-state index in [9.17, 15) is 8.78 Å². The average Bonchev–Trinajstić information content (AvgIpc) is 2.00. The molecule has 3 heteroatoms. The van der Waals surface area contributed by atoms with Crippen LogP contribution < -0.4 is 5.73 Å². The van der Waals surface area contributed by atoms with Crippen LogP contribution in [0.4, 0.5) is 8.78 Å². The number of rotatable bonds is 3. The zero-order chi connectivity index (χ0) is 10.7. The van der Waals surface area contributed by atoms with Gasteiger partial charge in [-0.25, -0.2) is 8.78 Å². The molecule has 1 rings (SSSR count). The summed E-state index contributed by atoms with van der Waals surface area (Å²) in [6.07, 6.45) is -2.62. The van der Waals surface area contributed by atoms with E-state index in [1.165, 1.54) is 0 Å². The average molecular weight is 199 g/mol. The summed E-state index contributed by atoms with van der Waals surface area (Å²) in [6.45, 7) is 3.87. The lowest BCUT2D eigenvalue weighted by atomic mass is 10.00. The van der Waals surface area contributed by atoms with E-state index in [2.05, 4.69) is 0 Å². The minimum Gasteiger partial charge on any atom is -0.324 e. The summed E-state index contributed by atoms with van der Waals surface area (Å²) in [5.74, 6) is 0. The minimum absolute atomic E-state index is 0.275. The molecule has 0 unspecified atom stereocenters. The third-order valence-corrected chi connectivity index (χ3v) is 2.10. The molecule has 14 heavy (non-hydrogen) atoms. The van der Waals surface area contributed by atoms with Crippen LogP contribution in [-0.2, 0) is 0 Å². The van der Waals surface area contributed by atoms with E-state index >= 15 is 0 Å². The van der Waals surface area contributed by atoms with Crippen LogP contribution >= 0.6 is 0 Å². The molecule has 78 valence electrons. The van der Waals surface area contributed by atoms with Gasteiger partial charge in [0.15, 0.2) is 0 Å². The SMILES string of the molecule is Cc1cc(C)cc([C@H](N)CC(F)F)c1. The number of nitrogens with two attached hydrogens (primary N) is 1.